The zero-order valence-corrected chi connectivity index (χ0v) is 17.7. The molecule has 3 rings (SSSR count). The van der Waals surface area contributed by atoms with Gasteiger partial charge >= 0.3 is 0 Å². The predicted molar refractivity (Wildman–Crippen MR) is 106 cm³/mol. The molecule has 2 saturated heterocycles. The summed E-state index contributed by atoms with van der Waals surface area (Å²) in [6.45, 7) is 3.75. The quantitative estimate of drug-likeness (QED) is 0.747. The second kappa shape index (κ2) is 8.55. The van der Waals surface area contributed by atoms with Gasteiger partial charge in [-0.05, 0) is 49.8 Å². The number of piperidine rings is 2. The second-order valence-electron chi connectivity index (χ2n) is 7.40. The Labute approximate surface area is 168 Å². The van der Waals surface area contributed by atoms with Gasteiger partial charge in [-0.15, -0.1) is 0 Å². The lowest BCUT2D eigenvalue weighted by Gasteiger charge is -2.37. The highest BCUT2D eigenvalue weighted by Crippen LogP contribution is 2.26. The van der Waals surface area contributed by atoms with E-state index in [0.717, 1.165) is 12.8 Å². The molecule has 1 amide bonds. The summed E-state index contributed by atoms with van der Waals surface area (Å²) in [5, 5.41) is 2.59. The molecule has 1 N–H and O–H groups in total. The molecule has 0 bridgehead atoms. The second-order valence-corrected chi connectivity index (χ2v) is 10.2. The summed E-state index contributed by atoms with van der Waals surface area (Å²) in [5.74, 6) is -0.818. The van der Waals surface area contributed by atoms with Crippen LogP contribution in [-0.2, 0) is 15.0 Å². The number of hydrogen-bond donors (Lipinski definition) is 1. The number of halogens is 2. The van der Waals surface area contributed by atoms with Gasteiger partial charge in [0.1, 0.15) is 5.82 Å². The largest absolute Gasteiger partial charge is 0.323 e. The summed E-state index contributed by atoms with van der Waals surface area (Å²) in [4.78, 5) is 12.6. The van der Waals surface area contributed by atoms with Crippen LogP contribution in [0.2, 0.25) is 0 Å². The van der Waals surface area contributed by atoms with Crippen molar-refractivity contribution in [2.45, 2.75) is 32.6 Å². The zero-order valence-electron chi connectivity index (χ0n) is 15.3. The Morgan fingerprint density at radius 2 is 1.89 bits per heavy atom. The maximum absolute atomic E-state index is 14.0. The van der Waals surface area contributed by atoms with Crippen LogP contribution >= 0.6 is 15.9 Å². The van der Waals surface area contributed by atoms with E-state index in [1.54, 1.807) is 6.07 Å². The number of nitrogens with zero attached hydrogens (tertiary/aromatic N) is 2. The Bertz CT molecular complexity index is 797. The van der Waals surface area contributed by atoms with E-state index in [1.165, 1.54) is 20.7 Å². The molecule has 0 saturated carbocycles. The summed E-state index contributed by atoms with van der Waals surface area (Å²) < 4.78 is 43.3. The lowest BCUT2D eigenvalue weighted by atomic mass is 9.98. The lowest BCUT2D eigenvalue weighted by Crippen LogP contribution is -2.51. The van der Waals surface area contributed by atoms with Crippen LogP contribution in [0.15, 0.2) is 22.7 Å². The minimum Gasteiger partial charge on any atom is -0.323 e. The number of carbonyl (C=O) groups is 1. The first-order valence-electron chi connectivity index (χ1n) is 9.28. The standard InChI is InChI=1S/C18H25BrFN3O3S/c1-13-6-9-22(10-7-13)27(25,26)23-8-2-3-14(12-23)18(24)21-17-5-4-15(19)11-16(17)20/h4-5,11,13-14H,2-3,6-10,12H2,1H3,(H,21,24)/t14-/m0/s1. The van der Waals surface area contributed by atoms with Gasteiger partial charge < -0.3 is 5.32 Å². The molecule has 9 heteroatoms. The van der Waals surface area contributed by atoms with Crippen LogP contribution in [0.3, 0.4) is 0 Å². The molecule has 1 aromatic carbocycles. The number of hydrogen-bond acceptors (Lipinski definition) is 3. The number of nitrogens with one attached hydrogen (secondary N) is 1. The Morgan fingerprint density at radius 1 is 1.19 bits per heavy atom. The minimum absolute atomic E-state index is 0.105. The number of benzene rings is 1. The summed E-state index contributed by atoms with van der Waals surface area (Å²) in [5.41, 5.74) is 0.105. The van der Waals surface area contributed by atoms with Gasteiger partial charge in [0.05, 0.1) is 11.6 Å². The Morgan fingerprint density at radius 3 is 2.56 bits per heavy atom. The van der Waals surface area contributed by atoms with Gasteiger partial charge in [-0.2, -0.15) is 17.0 Å². The molecule has 2 aliphatic heterocycles. The Balaban J connectivity index is 1.65. The highest BCUT2D eigenvalue weighted by Gasteiger charge is 2.37. The molecule has 2 aliphatic rings. The molecule has 0 spiro atoms. The van der Waals surface area contributed by atoms with Gasteiger partial charge in [-0.25, -0.2) is 4.39 Å². The molecule has 2 heterocycles. The third-order valence-electron chi connectivity index (χ3n) is 5.34. The number of carbonyl (C=O) groups excluding carboxylic acids is 1. The molecule has 0 aliphatic carbocycles. The van der Waals surface area contributed by atoms with Crippen LogP contribution in [0.5, 0.6) is 0 Å². The summed E-state index contributed by atoms with van der Waals surface area (Å²) in [6.07, 6.45) is 2.93. The topological polar surface area (TPSA) is 69.7 Å². The molecular formula is C18H25BrFN3O3S. The molecule has 27 heavy (non-hydrogen) atoms. The van der Waals surface area contributed by atoms with Gasteiger partial charge in [0.15, 0.2) is 0 Å². The molecule has 1 atom stereocenters. The van der Waals surface area contributed by atoms with Crippen molar-refractivity contribution in [1.82, 2.24) is 8.61 Å². The first kappa shape index (κ1) is 20.7. The molecular weight excluding hydrogens is 437 g/mol. The molecule has 0 aromatic heterocycles. The van der Waals surface area contributed by atoms with Gasteiger partial charge in [-0.1, -0.05) is 22.9 Å². The van der Waals surface area contributed by atoms with Crippen molar-refractivity contribution in [1.29, 1.82) is 0 Å². The van der Waals surface area contributed by atoms with Crippen molar-refractivity contribution >= 4 is 37.7 Å². The van der Waals surface area contributed by atoms with Gasteiger partial charge in [0, 0.05) is 30.7 Å². The number of anilines is 1. The third-order valence-corrected chi connectivity index (χ3v) is 7.83. The van der Waals surface area contributed by atoms with Crippen LogP contribution in [0.1, 0.15) is 32.6 Å². The summed E-state index contributed by atoms with van der Waals surface area (Å²) in [7, 11) is -3.56. The molecule has 1 aromatic rings. The maximum atomic E-state index is 14.0. The fraction of sp³-hybridized carbons (Fsp3) is 0.611. The molecule has 2 fully saturated rings. The van der Waals surface area contributed by atoms with Gasteiger partial charge in [0.25, 0.3) is 10.2 Å². The van der Waals surface area contributed by atoms with Crippen LogP contribution < -0.4 is 5.32 Å². The minimum atomic E-state index is -3.56. The zero-order chi connectivity index (χ0) is 19.6. The smallest absolute Gasteiger partial charge is 0.281 e. The van der Waals surface area contributed by atoms with Crippen molar-refractivity contribution < 1.29 is 17.6 Å². The number of amides is 1. The maximum Gasteiger partial charge on any atom is 0.281 e. The van der Waals surface area contributed by atoms with Gasteiger partial charge in [-0.3, -0.25) is 4.79 Å². The molecule has 0 unspecified atom stereocenters. The Hall–Kier alpha value is -1.03. The van der Waals surface area contributed by atoms with Crippen molar-refractivity contribution in [3.63, 3.8) is 0 Å². The van der Waals surface area contributed by atoms with Crippen molar-refractivity contribution in [2.24, 2.45) is 11.8 Å². The van der Waals surface area contributed by atoms with E-state index in [-0.39, 0.29) is 18.1 Å². The van der Waals surface area contributed by atoms with Crippen molar-refractivity contribution in [3.8, 4) is 0 Å². The highest BCUT2D eigenvalue weighted by atomic mass is 79.9. The fourth-order valence-corrected chi connectivity index (χ4v) is 5.63. The van der Waals surface area contributed by atoms with Crippen LogP contribution in [0, 0.1) is 17.7 Å². The normalized spacial score (nSPS) is 23.3. The van der Waals surface area contributed by atoms with E-state index < -0.39 is 21.9 Å². The van der Waals surface area contributed by atoms with Crippen molar-refractivity contribution in [3.05, 3.63) is 28.5 Å². The lowest BCUT2D eigenvalue weighted by molar-refractivity contribution is -0.120. The van der Waals surface area contributed by atoms with Crippen LogP contribution in [-0.4, -0.2) is 49.1 Å². The predicted octanol–water partition coefficient (Wildman–Crippen LogP) is 3.22. The van der Waals surface area contributed by atoms with E-state index in [1.807, 2.05) is 0 Å². The van der Waals surface area contributed by atoms with Crippen molar-refractivity contribution in [2.75, 3.05) is 31.5 Å². The third kappa shape index (κ3) is 4.88. The van der Waals surface area contributed by atoms with E-state index in [4.69, 9.17) is 0 Å². The van der Waals surface area contributed by atoms with Gasteiger partial charge in [0.2, 0.25) is 5.91 Å². The SMILES string of the molecule is CC1CCN(S(=O)(=O)N2CCC[C@H](C(=O)Nc3ccc(Br)cc3F)C2)CC1. The fourth-order valence-electron chi connectivity index (χ4n) is 3.57. The highest BCUT2D eigenvalue weighted by molar-refractivity contribution is 9.10. The Kier molecular flexibility index (Phi) is 6.55. The molecule has 6 nitrogen and oxygen atoms in total. The molecule has 150 valence electrons. The number of rotatable bonds is 4. The molecule has 0 radical (unpaired) electrons. The summed E-state index contributed by atoms with van der Waals surface area (Å²) in [6, 6.07) is 4.42. The monoisotopic (exact) mass is 461 g/mol. The van der Waals surface area contributed by atoms with Crippen LogP contribution in [0.25, 0.3) is 0 Å². The van der Waals surface area contributed by atoms with E-state index in [0.29, 0.717) is 42.9 Å². The van der Waals surface area contributed by atoms with E-state index in [2.05, 4.69) is 28.2 Å². The average Bonchev–Trinajstić information content (AvgIpc) is 2.64. The van der Waals surface area contributed by atoms with E-state index >= 15 is 0 Å². The van der Waals surface area contributed by atoms with Crippen LogP contribution in [0.4, 0.5) is 10.1 Å². The van der Waals surface area contributed by atoms with E-state index in [9.17, 15) is 17.6 Å². The first-order valence-corrected chi connectivity index (χ1v) is 11.5. The average molecular weight is 462 g/mol. The first-order chi connectivity index (χ1) is 12.8. The summed E-state index contributed by atoms with van der Waals surface area (Å²) >= 11 is 3.18.